The zero-order chi connectivity index (χ0) is 14.5. The van der Waals surface area contributed by atoms with Crippen LogP contribution in [-0.4, -0.2) is 23.0 Å². The van der Waals surface area contributed by atoms with Crippen LogP contribution in [0.1, 0.15) is 20.3 Å². The molecule has 0 aliphatic rings. The molecule has 3 heteroatoms. The third-order valence-electron chi connectivity index (χ3n) is 3.38. The third-order valence-corrected chi connectivity index (χ3v) is 4.47. The fraction of sp³-hybridized carbons (Fsp3) is 0.412. The number of rotatable bonds is 6. The lowest BCUT2D eigenvalue weighted by Crippen LogP contribution is -2.37. The van der Waals surface area contributed by atoms with E-state index in [0.29, 0.717) is 11.7 Å². The van der Waals surface area contributed by atoms with Crippen molar-refractivity contribution in [1.29, 1.82) is 0 Å². The SMILES string of the molecule is CC(C)CC(N)C(O)CSc1ccc2ccccc2c1. The lowest BCUT2D eigenvalue weighted by atomic mass is 10.0. The quantitative estimate of drug-likeness (QED) is 0.798. The number of aliphatic hydroxyl groups is 1. The van der Waals surface area contributed by atoms with Crippen LogP contribution in [0.3, 0.4) is 0 Å². The van der Waals surface area contributed by atoms with E-state index in [9.17, 15) is 5.11 Å². The van der Waals surface area contributed by atoms with Crippen LogP contribution in [0.15, 0.2) is 47.4 Å². The van der Waals surface area contributed by atoms with Gasteiger partial charge in [0, 0.05) is 16.7 Å². The molecule has 0 saturated heterocycles. The first-order valence-corrected chi connectivity index (χ1v) is 8.10. The standard InChI is InChI=1S/C17H23NOS/c1-12(2)9-16(18)17(19)11-20-15-8-7-13-5-3-4-6-14(13)10-15/h3-8,10,12,16-17,19H,9,11,18H2,1-2H3. The Morgan fingerprint density at radius 2 is 1.80 bits per heavy atom. The van der Waals surface area contributed by atoms with Crippen LogP contribution in [0.2, 0.25) is 0 Å². The molecule has 2 atom stereocenters. The lowest BCUT2D eigenvalue weighted by Gasteiger charge is -2.20. The fourth-order valence-corrected chi connectivity index (χ4v) is 3.25. The highest BCUT2D eigenvalue weighted by Gasteiger charge is 2.16. The van der Waals surface area contributed by atoms with Crippen LogP contribution >= 0.6 is 11.8 Å². The molecule has 2 rings (SSSR count). The normalized spacial score (nSPS) is 14.7. The molecule has 0 bridgehead atoms. The predicted octanol–water partition coefficient (Wildman–Crippen LogP) is 3.67. The zero-order valence-electron chi connectivity index (χ0n) is 12.1. The molecule has 2 nitrogen and oxygen atoms in total. The summed E-state index contributed by atoms with van der Waals surface area (Å²) >= 11 is 1.67. The van der Waals surface area contributed by atoms with Gasteiger partial charge in [0.05, 0.1) is 6.10 Å². The van der Waals surface area contributed by atoms with Crippen molar-refractivity contribution in [3.05, 3.63) is 42.5 Å². The van der Waals surface area contributed by atoms with Crippen molar-refractivity contribution < 1.29 is 5.11 Å². The van der Waals surface area contributed by atoms with E-state index in [1.165, 1.54) is 15.7 Å². The summed E-state index contributed by atoms with van der Waals surface area (Å²) in [7, 11) is 0. The molecule has 0 aliphatic heterocycles. The molecule has 2 aromatic rings. The van der Waals surface area contributed by atoms with E-state index in [4.69, 9.17) is 5.73 Å². The molecule has 0 aromatic heterocycles. The van der Waals surface area contributed by atoms with Gasteiger partial charge in [-0.1, -0.05) is 44.2 Å². The van der Waals surface area contributed by atoms with Gasteiger partial charge >= 0.3 is 0 Å². The average molecular weight is 289 g/mol. The van der Waals surface area contributed by atoms with Crippen molar-refractivity contribution in [1.82, 2.24) is 0 Å². The van der Waals surface area contributed by atoms with Gasteiger partial charge < -0.3 is 10.8 Å². The second-order valence-corrected chi connectivity index (χ2v) is 6.77. The molecule has 108 valence electrons. The van der Waals surface area contributed by atoms with Gasteiger partial charge in [-0.05, 0) is 35.2 Å². The maximum atomic E-state index is 10.1. The summed E-state index contributed by atoms with van der Waals surface area (Å²) in [5.74, 6) is 1.16. The third kappa shape index (κ3) is 4.23. The summed E-state index contributed by atoms with van der Waals surface area (Å²) in [6.45, 7) is 4.26. The molecule has 2 aromatic carbocycles. The first-order chi connectivity index (χ1) is 9.56. The summed E-state index contributed by atoms with van der Waals surface area (Å²) in [6.07, 6.45) is 0.410. The molecule has 0 radical (unpaired) electrons. The molecule has 0 heterocycles. The lowest BCUT2D eigenvalue weighted by molar-refractivity contribution is 0.157. The van der Waals surface area contributed by atoms with Gasteiger partial charge in [0.15, 0.2) is 0 Å². The maximum Gasteiger partial charge on any atom is 0.0784 e. The first kappa shape index (κ1) is 15.4. The monoisotopic (exact) mass is 289 g/mol. The Labute approximate surface area is 125 Å². The number of thioether (sulfide) groups is 1. The summed E-state index contributed by atoms with van der Waals surface area (Å²) in [4.78, 5) is 1.18. The van der Waals surface area contributed by atoms with Crippen LogP contribution in [0.5, 0.6) is 0 Å². The fourth-order valence-electron chi connectivity index (χ4n) is 2.26. The highest BCUT2D eigenvalue weighted by Crippen LogP contribution is 2.24. The molecule has 0 spiro atoms. The number of aliphatic hydroxyl groups excluding tert-OH is 1. The number of benzene rings is 2. The van der Waals surface area contributed by atoms with Gasteiger partial charge in [0.1, 0.15) is 0 Å². The van der Waals surface area contributed by atoms with E-state index in [1.54, 1.807) is 11.8 Å². The molecular weight excluding hydrogens is 266 g/mol. The van der Waals surface area contributed by atoms with Crippen LogP contribution < -0.4 is 5.73 Å². The minimum atomic E-state index is -0.450. The number of hydrogen-bond acceptors (Lipinski definition) is 3. The minimum absolute atomic E-state index is 0.136. The Balaban J connectivity index is 1.95. The molecule has 0 aliphatic carbocycles. The maximum absolute atomic E-state index is 10.1. The second-order valence-electron chi connectivity index (χ2n) is 5.68. The van der Waals surface area contributed by atoms with Crippen LogP contribution in [0.25, 0.3) is 10.8 Å². The molecule has 20 heavy (non-hydrogen) atoms. The van der Waals surface area contributed by atoms with Crippen LogP contribution in [-0.2, 0) is 0 Å². The molecular formula is C17H23NOS. The highest BCUT2D eigenvalue weighted by molar-refractivity contribution is 7.99. The van der Waals surface area contributed by atoms with Crippen molar-refractivity contribution >= 4 is 22.5 Å². The van der Waals surface area contributed by atoms with Crippen molar-refractivity contribution in [3.63, 3.8) is 0 Å². The predicted molar refractivity (Wildman–Crippen MR) is 88.1 cm³/mol. The van der Waals surface area contributed by atoms with Crippen LogP contribution in [0, 0.1) is 5.92 Å². The molecule has 2 unspecified atom stereocenters. The van der Waals surface area contributed by atoms with Gasteiger partial charge in [0.2, 0.25) is 0 Å². The minimum Gasteiger partial charge on any atom is -0.391 e. The smallest absolute Gasteiger partial charge is 0.0784 e. The van der Waals surface area contributed by atoms with Crippen molar-refractivity contribution in [3.8, 4) is 0 Å². The Morgan fingerprint density at radius 3 is 2.50 bits per heavy atom. The van der Waals surface area contributed by atoms with E-state index in [2.05, 4.69) is 44.2 Å². The van der Waals surface area contributed by atoms with E-state index < -0.39 is 6.10 Å². The van der Waals surface area contributed by atoms with Crippen molar-refractivity contribution in [2.75, 3.05) is 5.75 Å². The molecule has 3 N–H and O–H groups in total. The van der Waals surface area contributed by atoms with Crippen molar-refractivity contribution in [2.24, 2.45) is 11.7 Å². The largest absolute Gasteiger partial charge is 0.391 e. The average Bonchev–Trinajstić information content (AvgIpc) is 2.43. The number of hydrogen-bond donors (Lipinski definition) is 2. The highest BCUT2D eigenvalue weighted by atomic mass is 32.2. The first-order valence-electron chi connectivity index (χ1n) is 7.11. The van der Waals surface area contributed by atoms with Crippen molar-refractivity contribution in [2.45, 2.75) is 37.3 Å². The summed E-state index contributed by atoms with van der Waals surface area (Å²) < 4.78 is 0. The number of fused-ring (bicyclic) bond motifs is 1. The Bertz CT molecular complexity index is 555. The molecule has 0 amide bonds. The topological polar surface area (TPSA) is 46.2 Å². The Morgan fingerprint density at radius 1 is 1.10 bits per heavy atom. The van der Waals surface area contributed by atoms with Gasteiger partial charge in [0.25, 0.3) is 0 Å². The van der Waals surface area contributed by atoms with E-state index in [-0.39, 0.29) is 6.04 Å². The summed E-state index contributed by atoms with van der Waals surface area (Å²) in [5, 5.41) is 12.6. The van der Waals surface area contributed by atoms with Gasteiger partial charge in [-0.2, -0.15) is 0 Å². The van der Waals surface area contributed by atoms with Gasteiger partial charge in [-0.15, -0.1) is 11.8 Å². The van der Waals surface area contributed by atoms with Gasteiger partial charge in [-0.3, -0.25) is 0 Å². The van der Waals surface area contributed by atoms with Gasteiger partial charge in [-0.25, -0.2) is 0 Å². The zero-order valence-corrected chi connectivity index (χ0v) is 12.9. The van der Waals surface area contributed by atoms with Crippen LogP contribution in [0.4, 0.5) is 0 Å². The summed E-state index contributed by atoms with van der Waals surface area (Å²) in [5.41, 5.74) is 6.01. The summed E-state index contributed by atoms with van der Waals surface area (Å²) in [6, 6.07) is 14.6. The Hall–Kier alpha value is -1.03. The van der Waals surface area contributed by atoms with E-state index in [0.717, 1.165) is 6.42 Å². The molecule has 0 saturated carbocycles. The Kier molecular flexibility index (Phi) is 5.46. The second kappa shape index (κ2) is 7.11. The van der Waals surface area contributed by atoms with E-state index in [1.807, 2.05) is 12.1 Å². The van der Waals surface area contributed by atoms with E-state index >= 15 is 0 Å². The molecule has 0 fully saturated rings. The number of nitrogens with two attached hydrogens (primary N) is 1.